The van der Waals surface area contributed by atoms with Gasteiger partial charge in [0.1, 0.15) is 11.5 Å². The summed E-state index contributed by atoms with van der Waals surface area (Å²) in [6.07, 6.45) is -1.04. The first-order valence-corrected chi connectivity index (χ1v) is 13.3. The Morgan fingerprint density at radius 1 is 1.07 bits per heavy atom. The largest absolute Gasteiger partial charge is 0.493 e. The van der Waals surface area contributed by atoms with Crippen molar-refractivity contribution in [1.29, 1.82) is 0 Å². The van der Waals surface area contributed by atoms with Gasteiger partial charge < -0.3 is 19.5 Å². The topological polar surface area (TPSA) is 99.6 Å². The molecule has 41 heavy (non-hydrogen) atoms. The van der Waals surface area contributed by atoms with Crippen molar-refractivity contribution < 1.29 is 37.0 Å². The fourth-order valence-corrected chi connectivity index (χ4v) is 4.03. The van der Waals surface area contributed by atoms with Crippen molar-refractivity contribution in [1.82, 2.24) is 9.97 Å². The third kappa shape index (κ3) is 7.74. The summed E-state index contributed by atoms with van der Waals surface area (Å²) in [4.78, 5) is 33.6. The molecule has 1 amide bonds. The lowest BCUT2D eigenvalue weighted by Crippen LogP contribution is -2.39. The number of nitrogens with zero attached hydrogens (tertiary/aromatic N) is 2. The van der Waals surface area contributed by atoms with Crippen LogP contribution in [-0.2, 0) is 20.5 Å². The first-order chi connectivity index (χ1) is 19.4. The number of aryl methyl sites for hydroxylation is 1. The van der Waals surface area contributed by atoms with E-state index in [0.29, 0.717) is 34.3 Å². The number of hydrogen-bond donors (Lipinski definition) is 1. The van der Waals surface area contributed by atoms with Gasteiger partial charge in [-0.3, -0.25) is 4.79 Å². The van der Waals surface area contributed by atoms with Gasteiger partial charge in [0.05, 0.1) is 42.8 Å². The molecule has 0 radical (unpaired) electrons. The second-order valence-corrected chi connectivity index (χ2v) is 10.2. The Balaban J connectivity index is 1.34. The molecule has 2 aromatic carbocycles. The molecule has 0 bridgehead atoms. The van der Waals surface area contributed by atoms with Gasteiger partial charge in [0.2, 0.25) is 5.91 Å². The lowest BCUT2D eigenvalue weighted by Gasteiger charge is -2.25. The van der Waals surface area contributed by atoms with E-state index in [9.17, 15) is 22.8 Å². The lowest BCUT2D eigenvalue weighted by atomic mass is 10.1. The number of alkyl halides is 3. The Morgan fingerprint density at radius 2 is 1.78 bits per heavy atom. The molecule has 0 saturated heterocycles. The average molecular weight is 572 g/mol. The zero-order chi connectivity index (χ0) is 29.8. The predicted molar refractivity (Wildman–Crippen MR) is 146 cm³/mol. The Morgan fingerprint density at radius 3 is 2.39 bits per heavy atom. The average Bonchev–Trinajstić information content (AvgIpc) is 3.76. The van der Waals surface area contributed by atoms with Crippen LogP contribution in [-0.4, -0.2) is 40.7 Å². The van der Waals surface area contributed by atoms with E-state index in [1.165, 1.54) is 18.3 Å². The molecule has 11 heteroatoms. The fraction of sp³-hybridized carbons (Fsp3) is 0.400. The number of benzene rings is 2. The lowest BCUT2D eigenvalue weighted by molar-refractivity contribution is -0.158. The van der Waals surface area contributed by atoms with Gasteiger partial charge in [0.25, 0.3) is 0 Å². The summed E-state index contributed by atoms with van der Waals surface area (Å²) in [6.45, 7) is 7.19. The highest BCUT2D eigenvalue weighted by Gasteiger charge is 2.33. The summed E-state index contributed by atoms with van der Waals surface area (Å²) >= 11 is 0. The molecule has 1 saturated carbocycles. The summed E-state index contributed by atoms with van der Waals surface area (Å²) in [5.74, 6) is 0.770. The number of amides is 1. The predicted octanol–water partition coefficient (Wildman–Crippen LogP) is 6.48. The van der Waals surface area contributed by atoms with Gasteiger partial charge >= 0.3 is 12.1 Å². The summed E-state index contributed by atoms with van der Waals surface area (Å²) in [5.41, 5.74) is 0.467. The third-order valence-electron chi connectivity index (χ3n) is 6.40. The van der Waals surface area contributed by atoms with Crippen LogP contribution in [0, 0.1) is 6.92 Å². The normalized spacial score (nSPS) is 13.4. The standard InChI is InChI=1S/C30H32F3N3O5/c1-5-39-28(38)29(3,4)41-24-13-12-22(16-18(24)2)40-15-14-25(37)35-23-17-34-27(36-26(23)19-6-7-19)20-8-10-21(11-9-20)30(31,32)33/h8-13,16-17,19H,5-7,14-15H2,1-4H3,(H,35,37). The van der Waals surface area contributed by atoms with Crippen LogP contribution in [0.1, 0.15) is 62.8 Å². The van der Waals surface area contributed by atoms with Crippen LogP contribution in [0.3, 0.4) is 0 Å². The number of esters is 1. The van der Waals surface area contributed by atoms with Crippen LogP contribution < -0.4 is 14.8 Å². The Bertz CT molecular complexity index is 1400. The van der Waals surface area contributed by atoms with E-state index in [1.807, 2.05) is 6.92 Å². The first kappa shape index (κ1) is 29.8. The molecule has 1 aliphatic rings. The molecule has 0 atom stereocenters. The minimum Gasteiger partial charge on any atom is -0.493 e. The smallest absolute Gasteiger partial charge is 0.416 e. The van der Waals surface area contributed by atoms with Crippen LogP contribution in [0.4, 0.5) is 18.9 Å². The number of rotatable bonds is 11. The van der Waals surface area contributed by atoms with E-state index in [2.05, 4.69) is 15.3 Å². The van der Waals surface area contributed by atoms with Crippen molar-refractivity contribution in [2.75, 3.05) is 18.5 Å². The van der Waals surface area contributed by atoms with Gasteiger partial charge in [-0.2, -0.15) is 13.2 Å². The molecule has 8 nitrogen and oxygen atoms in total. The van der Waals surface area contributed by atoms with E-state index in [0.717, 1.165) is 30.5 Å². The Hall–Kier alpha value is -4.15. The van der Waals surface area contributed by atoms with Gasteiger partial charge in [-0.05, 0) is 76.4 Å². The molecule has 0 spiro atoms. The first-order valence-electron chi connectivity index (χ1n) is 13.3. The minimum absolute atomic E-state index is 0.0674. The number of hydrogen-bond acceptors (Lipinski definition) is 7. The van der Waals surface area contributed by atoms with E-state index in [1.54, 1.807) is 39.0 Å². The molecule has 1 aliphatic carbocycles. The SMILES string of the molecule is CCOC(=O)C(C)(C)Oc1ccc(OCCC(=O)Nc2cnc(-c3ccc(C(F)(F)F)cc3)nc2C2CC2)cc1C. The maximum atomic E-state index is 12.9. The van der Waals surface area contributed by atoms with E-state index >= 15 is 0 Å². The zero-order valence-corrected chi connectivity index (χ0v) is 23.3. The van der Waals surface area contributed by atoms with Crippen molar-refractivity contribution in [3.8, 4) is 22.9 Å². The number of anilines is 1. The quantitative estimate of drug-likeness (QED) is 0.263. The Kier molecular flexibility index (Phi) is 8.84. The number of nitrogens with one attached hydrogen (secondary N) is 1. The Labute approximate surface area is 236 Å². The van der Waals surface area contributed by atoms with Crippen molar-refractivity contribution >= 4 is 17.6 Å². The van der Waals surface area contributed by atoms with Gasteiger partial charge in [-0.1, -0.05) is 12.1 Å². The van der Waals surface area contributed by atoms with Gasteiger partial charge in [0, 0.05) is 11.5 Å². The molecule has 0 unspecified atom stereocenters. The number of ether oxygens (including phenoxy) is 3. The highest BCUT2D eigenvalue weighted by atomic mass is 19.4. The molecule has 3 aromatic rings. The number of halogens is 3. The van der Waals surface area contributed by atoms with Gasteiger partial charge in [-0.15, -0.1) is 0 Å². The minimum atomic E-state index is -4.42. The number of aromatic nitrogens is 2. The fourth-order valence-electron chi connectivity index (χ4n) is 4.03. The van der Waals surface area contributed by atoms with Crippen molar-refractivity contribution in [2.24, 2.45) is 0 Å². The van der Waals surface area contributed by atoms with Crippen LogP contribution in [0.5, 0.6) is 11.5 Å². The third-order valence-corrected chi connectivity index (χ3v) is 6.40. The van der Waals surface area contributed by atoms with Crippen LogP contribution in [0.15, 0.2) is 48.7 Å². The summed E-state index contributed by atoms with van der Waals surface area (Å²) in [7, 11) is 0. The highest BCUT2D eigenvalue weighted by molar-refractivity contribution is 5.91. The van der Waals surface area contributed by atoms with Crippen LogP contribution >= 0.6 is 0 Å². The highest BCUT2D eigenvalue weighted by Crippen LogP contribution is 2.43. The van der Waals surface area contributed by atoms with Crippen LogP contribution in [0.25, 0.3) is 11.4 Å². The summed E-state index contributed by atoms with van der Waals surface area (Å²) in [5, 5.41) is 2.84. The molecule has 1 heterocycles. The van der Waals surface area contributed by atoms with Gasteiger partial charge in [0.15, 0.2) is 11.4 Å². The maximum Gasteiger partial charge on any atom is 0.416 e. The summed E-state index contributed by atoms with van der Waals surface area (Å²) in [6, 6.07) is 9.82. The second-order valence-electron chi connectivity index (χ2n) is 10.2. The summed E-state index contributed by atoms with van der Waals surface area (Å²) < 4.78 is 55.3. The molecule has 1 N–H and O–H groups in total. The second kappa shape index (κ2) is 12.2. The van der Waals surface area contributed by atoms with E-state index in [-0.39, 0.29) is 31.5 Å². The zero-order valence-electron chi connectivity index (χ0n) is 23.3. The molecule has 218 valence electrons. The van der Waals surface area contributed by atoms with Crippen molar-refractivity contribution in [3.05, 3.63) is 65.5 Å². The molecular weight excluding hydrogens is 539 g/mol. The molecular formula is C30H32F3N3O5. The van der Waals surface area contributed by atoms with Crippen LogP contribution in [0.2, 0.25) is 0 Å². The molecule has 4 rings (SSSR count). The van der Waals surface area contributed by atoms with Gasteiger partial charge in [-0.25, -0.2) is 14.8 Å². The number of carbonyl (C=O) groups excluding carboxylic acids is 2. The van der Waals surface area contributed by atoms with Crippen molar-refractivity contribution in [2.45, 2.75) is 64.7 Å². The maximum absolute atomic E-state index is 12.9. The van der Waals surface area contributed by atoms with E-state index < -0.39 is 23.3 Å². The molecule has 1 fully saturated rings. The monoisotopic (exact) mass is 571 g/mol. The molecule has 1 aromatic heterocycles. The van der Waals surface area contributed by atoms with E-state index in [4.69, 9.17) is 14.2 Å². The van der Waals surface area contributed by atoms with Crippen molar-refractivity contribution in [3.63, 3.8) is 0 Å². The number of carbonyl (C=O) groups is 2. The molecule has 0 aliphatic heterocycles.